The van der Waals surface area contributed by atoms with E-state index in [2.05, 4.69) is 32.7 Å². The van der Waals surface area contributed by atoms with Gasteiger partial charge in [-0.15, -0.1) is 0 Å². The van der Waals surface area contributed by atoms with Crippen LogP contribution in [0.3, 0.4) is 0 Å². The summed E-state index contributed by atoms with van der Waals surface area (Å²) in [5, 5.41) is 0. The molecule has 0 spiro atoms. The molecule has 0 aromatic carbocycles. The molecule has 1 saturated carbocycles. The van der Waals surface area contributed by atoms with E-state index in [1.165, 1.54) is 19.3 Å². The van der Waals surface area contributed by atoms with E-state index in [0.717, 1.165) is 12.8 Å². The lowest BCUT2D eigenvalue weighted by Crippen LogP contribution is -2.39. The zero-order valence-corrected chi connectivity index (χ0v) is 11.3. The third kappa shape index (κ3) is 3.89. The van der Waals surface area contributed by atoms with Gasteiger partial charge in [0.25, 0.3) is 0 Å². The maximum Gasteiger partial charge on any atom is 0.149 e. The lowest BCUT2D eigenvalue weighted by molar-refractivity contribution is -0.125. The summed E-state index contributed by atoms with van der Waals surface area (Å²) in [7, 11) is 2.07. The topological polar surface area (TPSA) is 20.3 Å². The Hall–Kier alpha value is -0.370. The highest BCUT2D eigenvalue weighted by molar-refractivity contribution is 5.83. The number of carbonyl (C=O) groups excluding carboxylic acids is 1. The number of likely N-dealkylation sites (N-methyl/N-ethyl adjacent to an activating group) is 1. The molecular weight excluding hydrogens is 198 g/mol. The summed E-state index contributed by atoms with van der Waals surface area (Å²) in [6.07, 6.45) is 6.08. The van der Waals surface area contributed by atoms with E-state index in [-0.39, 0.29) is 0 Å². The highest BCUT2D eigenvalue weighted by Crippen LogP contribution is 2.24. The van der Waals surface area contributed by atoms with Crippen molar-refractivity contribution in [2.24, 2.45) is 11.8 Å². The lowest BCUT2D eigenvalue weighted by atomic mass is 9.86. The maximum atomic E-state index is 12.1. The molecule has 0 aliphatic heterocycles. The minimum Gasteiger partial charge on any atom is -0.298 e. The number of rotatable bonds is 5. The third-order valence-corrected chi connectivity index (χ3v) is 4.13. The average molecular weight is 225 g/mol. The number of carbonyl (C=O) groups is 1. The van der Waals surface area contributed by atoms with Gasteiger partial charge in [-0.2, -0.15) is 0 Å². The van der Waals surface area contributed by atoms with E-state index in [1.54, 1.807) is 0 Å². The van der Waals surface area contributed by atoms with Crippen molar-refractivity contribution in [1.29, 1.82) is 0 Å². The van der Waals surface area contributed by atoms with Gasteiger partial charge in [0.2, 0.25) is 0 Å². The first-order valence-corrected chi connectivity index (χ1v) is 6.75. The van der Waals surface area contributed by atoms with Gasteiger partial charge in [0, 0.05) is 12.0 Å². The van der Waals surface area contributed by atoms with Crippen LogP contribution in [-0.4, -0.2) is 30.3 Å². The van der Waals surface area contributed by atoms with E-state index in [1.807, 2.05) is 0 Å². The smallest absolute Gasteiger partial charge is 0.149 e. The van der Waals surface area contributed by atoms with Gasteiger partial charge in [0.15, 0.2) is 0 Å². The Balaban J connectivity index is 2.37. The molecule has 0 amide bonds. The average Bonchev–Trinajstić information content (AvgIpc) is 2.28. The summed E-state index contributed by atoms with van der Waals surface area (Å²) < 4.78 is 0. The number of Topliss-reactive ketones (excluding diaryl/α,β-unsaturated/α-hetero) is 1. The molecule has 1 aliphatic rings. The Bertz CT molecular complexity index is 219. The van der Waals surface area contributed by atoms with E-state index in [4.69, 9.17) is 0 Å². The second-order valence-corrected chi connectivity index (χ2v) is 5.70. The highest BCUT2D eigenvalue weighted by atomic mass is 16.1. The van der Waals surface area contributed by atoms with Crippen molar-refractivity contribution >= 4 is 5.78 Å². The molecule has 0 bridgehead atoms. The fourth-order valence-corrected chi connectivity index (χ4v) is 2.45. The molecule has 0 aromatic rings. The lowest BCUT2D eigenvalue weighted by Gasteiger charge is -2.29. The van der Waals surface area contributed by atoms with Crippen LogP contribution in [0.25, 0.3) is 0 Å². The Morgan fingerprint density at radius 3 is 2.25 bits per heavy atom. The van der Waals surface area contributed by atoms with Crippen LogP contribution < -0.4 is 0 Å². The first kappa shape index (κ1) is 13.7. The van der Waals surface area contributed by atoms with Crippen LogP contribution in [0.1, 0.15) is 52.9 Å². The fourth-order valence-electron chi connectivity index (χ4n) is 2.45. The van der Waals surface area contributed by atoms with Crippen molar-refractivity contribution in [3.63, 3.8) is 0 Å². The van der Waals surface area contributed by atoms with Crippen LogP contribution in [0, 0.1) is 11.8 Å². The molecule has 0 heterocycles. The second kappa shape index (κ2) is 6.39. The fraction of sp³-hybridized carbons (Fsp3) is 0.929. The number of ketones is 1. The predicted molar refractivity (Wildman–Crippen MR) is 68.5 cm³/mol. The van der Waals surface area contributed by atoms with Gasteiger partial charge in [-0.25, -0.2) is 0 Å². The summed E-state index contributed by atoms with van der Waals surface area (Å²) in [5.41, 5.74) is 0. The molecule has 1 aliphatic carbocycles. The van der Waals surface area contributed by atoms with Crippen molar-refractivity contribution in [2.45, 2.75) is 58.9 Å². The number of hydrogen-bond acceptors (Lipinski definition) is 2. The molecule has 0 aromatic heterocycles. The van der Waals surface area contributed by atoms with E-state index >= 15 is 0 Å². The summed E-state index contributed by atoms with van der Waals surface area (Å²) in [5.74, 6) is 1.44. The van der Waals surface area contributed by atoms with Crippen LogP contribution in [-0.2, 0) is 4.79 Å². The molecule has 1 fully saturated rings. The van der Waals surface area contributed by atoms with Gasteiger partial charge >= 0.3 is 0 Å². The zero-order chi connectivity index (χ0) is 12.1. The summed E-state index contributed by atoms with van der Waals surface area (Å²) in [6.45, 7) is 7.28. The van der Waals surface area contributed by atoms with Gasteiger partial charge in [0.1, 0.15) is 5.78 Å². The SMILES string of the molecule is CC(C)C(C)N(C)CC(=O)C1CCCCC1. The maximum absolute atomic E-state index is 12.1. The molecule has 16 heavy (non-hydrogen) atoms. The Morgan fingerprint density at radius 1 is 1.19 bits per heavy atom. The van der Waals surface area contributed by atoms with Crippen LogP contribution in [0.15, 0.2) is 0 Å². The quantitative estimate of drug-likeness (QED) is 0.716. The summed E-state index contributed by atoms with van der Waals surface area (Å²) in [6, 6.07) is 0.493. The van der Waals surface area contributed by atoms with Gasteiger partial charge in [-0.1, -0.05) is 33.1 Å². The monoisotopic (exact) mass is 225 g/mol. The molecule has 0 N–H and O–H groups in total. The van der Waals surface area contributed by atoms with Gasteiger partial charge in [-0.3, -0.25) is 9.69 Å². The van der Waals surface area contributed by atoms with Gasteiger partial charge in [-0.05, 0) is 32.7 Å². The minimum atomic E-state index is 0.357. The largest absolute Gasteiger partial charge is 0.298 e. The molecule has 1 atom stereocenters. The minimum absolute atomic E-state index is 0.357. The summed E-state index contributed by atoms with van der Waals surface area (Å²) in [4.78, 5) is 14.3. The van der Waals surface area contributed by atoms with Crippen LogP contribution >= 0.6 is 0 Å². The zero-order valence-electron chi connectivity index (χ0n) is 11.3. The predicted octanol–water partition coefficient (Wildman–Crippen LogP) is 3.11. The Morgan fingerprint density at radius 2 is 1.75 bits per heavy atom. The van der Waals surface area contributed by atoms with Gasteiger partial charge < -0.3 is 0 Å². The molecule has 94 valence electrons. The molecule has 0 saturated heterocycles. The standard InChI is InChI=1S/C14H27NO/c1-11(2)12(3)15(4)10-14(16)13-8-6-5-7-9-13/h11-13H,5-10H2,1-4H3. The van der Waals surface area contributed by atoms with Crippen LogP contribution in [0.2, 0.25) is 0 Å². The normalized spacial score (nSPS) is 20.4. The Labute approximate surface area is 100 Å². The van der Waals surface area contributed by atoms with E-state index in [9.17, 15) is 4.79 Å². The Kier molecular flexibility index (Phi) is 5.47. The highest BCUT2D eigenvalue weighted by Gasteiger charge is 2.23. The third-order valence-electron chi connectivity index (χ3n) is 4.13. The van der Waals surface area contributed by atoms with Crippen molar-refractivity contribution in [3.8, 4) is 0 Å². The number of hydrogen-bond donors (Lipinski definition) is 0. The molecular formula is C14H27NO. The van der Waals surface area contributed by atoms with Crippen molar-refractivity contribution < 1.29 is 4.79 Å². The van der Waals surface area contributed by atoms with E-state index in [0.29, 0.717) is 30.2 Å². The van der Waals surface area contributed by atoms with E-state index < -0.39 is 0 Å². The first-order valence-electron chi connectivity index (χ1n) is 6.75. The molecule has 1 unspecified atom stereocenters. The molecule has 2 heteroatoms. The van der Waals surface area contributed by atoms with Crippen molar-refractivity contribution in [2.75, 3.05) is 13.6 Å². The molecule has 0 radical (unpaired) electrons. The number of nitrogens with zero attached hydrogens (tertiary/aromatic N) is 1. The van der Waals surface area contributed by atoms with Crippen molar-refractivity contribution in [1.82, 2.24) is 4.90 Å². The second-order valence-electron chi connectivity index (χ2n) is 5.70. The van der Waals surface area contributed by atoms with Crippen molar-refractivity contribution in [3.05, 3.63) is 0 Å². The summed E-state index contributed by atoms with van der Waals surface area (Å²) >= 11 is 0. The molecule has 1 rings (SSSR count). The molecule has 2 nitrogen and oxygen atoms in total. The van der Waals surface area contributed by atoms with Crippen LogP contribution in [0.4, 0.5) is 0 Å². The first-order chi connectivity index (χ1) is 7.52. The van der Waals surface area contributed by atoms with Gasteiger partial charge in [0.05, 0.1) is 6.54 Å². The van der Waals surface area contributed by atoms with Crippen LogP contribution in [0.5, 0.6) is 0 Å².